The lowest BCUT2D eigenvalue weighted by Crippen LogP contribution is -2.69. The number of hydrogen-bond acceptors (Lipinski definition) is 15. The van der Waals surface area contributed by atoms with E-state index in [2.05, 4.69) is 5.32 Å². The Morgan fingerprint density at radius 2 is 1.42 bits per heavy atom. The second kappa shape index (κ2) is 12.2. The number of carbonyl (C=O) groups excluding carboxylic acids is 1. The molecule has 15 unspecified atom stereocenters. The minimum atomic E-state index is -1.52. The summed E-state index contributed by atoms with van der Waals surface area (Å²) in [5.74, 6) is -0.535. The van der Waals surface area contributed by atoms with Gasteiger partial charge in [0.2, 0.25) is 5.91 Å². The topological polar surface area (TPSA) is 291 Å². The minimum absolute atomic E-state index is 0.0797. The van der Waals surface area contributed by atoms with Crippen LogP contribution in [0.4, 0.5) is 0 Å². The standard InChI is InChI=1S/C20H39N5O11/c1-5(27)25-11-15(31)13(29)8(3-21)33-19(11)35-17-6(22)2-7(23)18(16(17)32)36-20-14(30)10(24)12(28)9(4-26)34-20/h6-20,26,28-32H,2-4,21-24H2,1H3,(H,25,27). The average molecular weight is 526 g/mol. The molecule has 0 radical (unpaired) electrons. The SMILES string of the molecule is CC(=O)NC1C(OC2C(N)CC(N)C(OC3OC(CO)C(O)C(N)C3O)C2O)OC(CN)C(O)C1O. The summed E-state index contributed by atoms with van der Waals surface area (Å²) in [7, 11) is 0. The summed E-state index contributed by atoms with van der Waals surface area (Å²) in [6.07, 6.45) is -14.6. The van der Waals surface area contributed by atoms with Crippen molar-refractivity contribution in [2.75, 3.05) is 13.2 Å². The van der Waals surface area contributed by atoms with Crippen molar-refractivity contribution >= 4 is 5.91 Å². The quantitative estimate of drug-likeness (QED) is 0.147. The molecule has 0 aromatic rings. The van der Waals surface area contributed by atoms with Crippen LogP contribution < -0.4 is 28.3 Å². The van der Waals surface area contributed by atoms with Crippen molar-refractivity contribution in [3.05, 3.63) is 0 Å². The van der Waals surface area contributed by atoms with Crippen LogP contribution in [-0.4, -0.2) is 141 Å². The van der Waals surface area contributed by atoms with Gasteiger partial charge in [-0.1, -0.05) is 0 Å². The molecule has 3 fully saturated rings. The highest BCUT2D eigenvalue weighted by molar-refractivity contribution is 5.73. The molecular weight excluding hydrogens is 486 g/mol. The van der Waals surface area contributed by atoms with Gasteiger partial charge in [0.15, 0.2) is 12.6 Å². The van der Waals surface area contributed by atoms with Gasteiger partial charge in [-0.2, -0.15) is 0 Å². The Balaban J connectivity index is 1.78. The lowest BCUT2D eigenvalue weighted by atomic mass is 9.84. The lowest BCUT2D eigenvalue weighted by Gasteiger charge is -2.48. The van der Waals surface area contributed by atoms with Crippen molar-refractivity contribution in [3.63, 3.8) is 0 Å². The number of aliphatic hydroxyl groups excluding tert-OH is 6. The van der Waals surface area contributed by atoms with Gasteiger partial charge in [-0.05, 0) is 6.42 Å². The maximum Gasteiger partial charge on any atom is 0.217 e. The molecule has 36 heavy (non-hydrogen) atoms. The average Bonchev–Trinajstić information content (AvgIpc) is 2.83. The van der Waals surface area contributed by atoms with Gasteiger partial charge in [-0.15, -0.1) is 0 Å². The van der Waals surface area contributed by atoms with Gasteiger partial charge in [0.05, 0.1) is 12.6 Å². The van der Waals surface area contributed by atoms with E-state index in [1.807, 2.05) is 0 Å². The number of aliphatic hydroxyl groups is 6. The fourth-order valence-corrected chi connectivity index (χ4v) is 4.81. The Morgan fingerprint density at radius 3 is 1.94 bits per heavy atom. The third-order valence-electron chi connectivity index (χ3n) is 6.88. The second-order valence-electron chi connectivity index (χ2n) is 9.53. The number of rotatable bonds is 7. The number of nitrogens with two attached hydrogens (primary N) is 4. The van der Waals surface area contributed by atoms with Crippen molar-refractivity contribution in [1.29, 1.82) is 0 Å². The van der Waals surface area contributed by atoms with E-state index in [0.29, 0.717) is 0 Å². The summed E-state index contributed by atoms with van der Waals surface area (Å²) in [4.78, 5) is 11.7. The van der Waals surface area contributed by atoms with Crippen LogP contribution in [0, 0.1) is 0 Å². The molecule has 1 amide bonds. The molecule has 2 saturated heterocycles. The van der Waals surface area contributed by atoms with E-state index in [1.165, 1.54) is 6.92 Å². The highest BCUT2D eigenvalue weighted by Gasteiger charge is 2.52. The van der Waals surface area contributed by atoms with Crippen LogP contribution in [0.15, 0.2) is 0 Å². The number of carbonyl (C=O) groups is 1. The van der Waals surface area contributed by atoms with E-state index in [1.54, 1.807) is 0 Å². The highest BCUT2D eigenvalue weighted by Crippen LogP contribution is 2.31. The number of hydrogen-bond donors (Lipinski definition) is 11. The molecule has 15 atom stereocenters. The van der Waals surface area contributed by atoms with Gasteiger partial charge in [0.25, 0.3) is 0 Å². The lowest BCUT2D eigenvalue weighted by molar-refractivity contribution is -0.319. The zero-order valence-corrected chi connectivity index (χ0v) is 19.8. The predicted octanol–water partition coefficient (Wildman–Crippen LogP) is -7.15. The summed E-state index contributed by atoms with van der Waals surface area (Å²) >= 11 is 0. The van der Waals surface area contributed by atoms with E-state index in [4.69, 9.17) is 41.9 Å². The van der Waals surface area contributed by atoms with Crippen LogP contribution >= 0.6 is 0 Å². The molecule has 3 aliphatic rings. The first-order valence-electron chi connectivity index (χ1n) is 11.8. The fraction of sp³-hybridized carbons (Fsp3) is 0.950. The Labute approximate surface area is 207 Å². The first-order valence-corrected chi connectivity index (χ1v) is 11.8. The number of amides is 1. The molecule has 210 valence electrons. The molecule has 2 aliphatic heterocycles. The van der Waals surface area contributed by atoms with Gasteiger partial charge in [-0.3, -0.25) is 4.79 Å². The summed E-state index contributed by atoms with van der Waals surface area (Å²) in [6.45, 7) is 0.430. The highest BCUT2D eigenvalue weighted by atomic mass is 16.7. The largest absolute Gasteiger partial charge is 0.394 e. The van der Waals surface area contributed by atoms with Crippen molar-refractivity contribution in [3.8, 4) is 0 Å². The zero-order valence-electron chi connectivity index (χ0n) is 19.8. The molecule has 0 aromatic heterocycles. The molecule has 1 saturated carbocycles. The molecule has 0 aromatic carbocycles. The monoisotopic (exact) mass is 525 g/mol. The van der Waals surface area contributed by atoms with E-state index in [-0.39, 0.29) is 13.0 Å². The number of ether oxygens (including phenoxy) is 4. The first-order chi connectivity index (χ1) is 16.9. The van der Waals surface area contributed by atoms with Crippen molar-refractivity contribution in [1.82, 2.24) is 5.32 Å². The third-order valence-corrected chi connectivity index (χ3v) is 6.88. The molecular formula is C20H39N5O11. The molecule has 16 heteroatoms. The Morgan fingerprint density at radius 1 is 0.861 bits per heavy atom. The maximum absolute atomic E-state index is 11.7. The molecule has 16 nitrogen and oxygen atoms in total. The van der Waals surface area contributed by atoms with E-state index < -0.39 is 104 Å². The van der Waals surface area contributed by atoms with Crippen LogP contribution in [0.25, 0.3) is 0 Å². The van der Waals surface area contributed by atoms with Gasteiger partial charge in [-0.25, -0.2) is 0 Å². The molecule has 0 spiro atoms. The Bertz CT molecular complexity index is 738. The smallest absolute Gasteiger partial charge is 0.217 e. The summed E-state index contributed by atoms with van der Waals surface area (Å²) in [5.41, 5.74) is 23.8. The van der Waals surface area contributed by atoms with Crippen LogP contribution in [0.5, 0.6) is 0 Å². The van der Waals surface area contributed by atoms with Crippen LogP contribution in [-0.2, 0) is 23.7 Å². The minimum Gasteiger partial charge on any atom is -0.394 e. The van der Waals surface area contributed by atoms with Gasteiger partial charge >= 0.3 is 0 Å². The molecule has 2 heterocycles. The molecule has 3 rings (SSSR count). The van der Waals surface area contributed by atoms with Crippen LogP contribution in [0.2, 0.25) is 0 Å². The van der Waals surface area contributed by atoms with Gasteiger partial charge < -0.3 is 77.8 Å². The fourth-order valence-electron chi connectivity index (χ4n) is 4.81. The molecule has 0 bridgehead atoms. The normalized spacial score (nSPS) is 50.0. The van der Waals surface area contributed by atoms with Crippen molar-refractivity contribution < 1.29 is 54.4 Å². The van der Waals surface area contributed by atoms with Gasteiger partial charge in [0.1, 0.15) is 61.0 Å². The third kappa shape index (κ3) is 5.97. The Kier molecular flexibility index (Phi) is 9.97. The summed E-state index contributed by atoms with van der Waals surface area (Å²) in [5, 5.41) is 64.3. The molecule has 15 N–H and O–H groups in total. The maximum atomic E-state index is 11.7. The van der Waals surface area contributed by atoms with E-state index in [0.717, 1.165) is 0 Å². The van der Waals surface area contributed by atoms with Crippen molar-refractivity contribution in [2.24, 2.45) is 22.9 Å². The number of nitrogens with one attached hydrogen (secondary N) is 1. The summed E-state index contributed by atoms with van der Waals surface area (Å²) in [6, 6.07) is -4.11. The second-order valence-corrected chi connectivity index (χ2v) is 9.53. The van der Waals surface area contributed by atoms with E-state index >= 15 is 0 Å². The first kappa shape index (κ1) is 29.5. The van der Waals surface area contributed by atoms with Crippen LogP contribution in [0.3, 0.4) is 0 Å². The zero-order chi connectivity index (χ0) is 26.9. The Hall–Kier alpha value is -1.09. The van der Waals surface area contributed by atoms with Crippen LogP contribution in [0.1, 0.15) is 13.3 Å². The summed E-state index contributed by atoms with van der Waals surface area (Å²) < 4.78 is 22.8. The molecule has 1 aliphatic carbocycles. The van der Waals surface area contributed by atoms with E-state index in [9.17, 15) is 35.4 Å². The van der Waals surface area contributed by atoms with Crippen molar-refractivity contribution in [2.45, 2.75) is 105 Å². The predicted molar refractivity (Wildman–Crippen MR) is 119 cm³/mol. The van der Waals surface area contributed by atoms with Gasteiger partial charge in [0, 0.05) is 25.6 Å².